The third kappa shape index (κ3) is 3.91. The highest BCUT2D eigenvalue weighted by Crippen LogP contribution is 2.20. The van der Waals surface area contributed by atoms with Gasteiger partial charge in [-0.15, -0.1) is 11.6 Å². The molecule has 0 spiro atoms. The molecule has 2 aromatic rings. The van der Waals surface area contributed by atoms with E-state index in [1.165, 1.54) is 12.1 Å². The van der Waals surface area contributed by atoms with Crippen LogP contribution in [-0.2, 0) is 0 Å². The first-order valence-electron chi connectivity index (χ1n) is 6.66. The van der Waals surface area contributed by atoms with Crippen molar-refractivity contribution in [2.75, 3.05) is 5.88 Å². The van der Waals surface area contributed by atoms with Crippen LogP contribution in [0.25, 0.3) is 11.1 Å². The van der Waals surface area contributed by atoms with Gasteiger partial charge in [-0.2, -0.15) is 0 Å². The monoisotopic (exact) mass is 290 g/mol. The predicted octanol–water partition coefficient (Wildman–Crippen LogP) is 5.08. The third-order valence-electron chi connectivity index (χ3n) is 3.17. The second-order valence-electron chi connectivity index (χ2n) is 4.65. The molecule has 0 aliphatic rings. The molecular formula is C17H16ClFO. The summed E-state index contributed by atoms with van der Waals surface area (Å²) in [5.74, 6) is 0.483. The number of benzene rings is 2. The Bertz CT molecular complexity index is 561. The lowest BCUT2D eigenvalue weighted by molar-refractivity contribution is 0.0980. The number of hydrogen-bond donors (Lipinski definition) is 0. The van der Waals surface area contributed by atoms with Crippen molar-refractivity contribution in [2.45, 2.75) is 19.3 Å². The quantitative estimate of drug-likeness (QED) is 0.412. The van der Waals surface area contributed by atoms with E-state index in [1.807, 2.05) is 24.3 Å². The molecule has 0 bridgehead atoms. The topological polar surface area (TPSA) is 17.1 Å². The molecule has 1 nitrogen and oxygen atoms in total. The summed E-state index contributed by atoms with van der Waals surface area (Å²) in [5, 5.41) is 0. The first kappa shape index (κ1) is 14.7. The summed E-state index contributed by atoms with van der Waals surface area (Å²) in [6.07, 6.45) is 2.21. The minimum absolute atomic E-state index is 0.140. The van der Waals surface area contributed by atoms with Gasteiger partial charge in [0.25, 0.3) is 0 Å². The lowest BCUT2D eigenvalue weighted by Crippen LogP contribution is -1.98. The van der Waals surface area contributed by atoms with Crippen LogP contribution >= 0.6 is 11.6 Å². The maximum atomic E-state index is 12.9. The van der Waals surface area contributed by atoms with Crippen LogP contribution in [0.2, 0.25) is 0 Å². The van der Waals surface area contributed by atoms with Crippen molar-refractivity contribution in [3.8, 4) is 11.1 Å². The number of alkyl halides is 1. The number of unbranched alkanes of at least 4 members (excludes halogenated alkanes) is 1. The van der Waals surface area contributed by atoms with Gasteiger partial charge < -0.3 is 0 Å². The fourth-order valence-corrected chi connectivity index (χ4v) is 2.20. The second kappa shape index (κ2) is 7.20. The van der Waals surface area contributed by atoms with E-state index in [4.69, 9.17) is 11.6 Å². The van der Waals surface area contributed by atoms with Crippen molar-refractivity contribution in [2.24, 2.45) is 0 Å². The van der Waals surface area contributed by atoms with Crippen molar-refractivity contribution < 1.29 is 9.18 Å². The van der Waals surface area contributed by atoms with Gasteiger partial charge in [-0.25, -0.2) is 4.39 Å². The van der Waals surface area contributed by atoms with Crippen molar-refractivity contribution in [3.63, 3.8) is 0 Å². The van der Waals surface area contributed by atoms with Gasteiger partial charge in [0.2, 0.25) is 0 Å². The molecule has 3 heteroatoms. The number of ketones is 1. The molecule has 0 aromatic heterocycles. The molecule has 0 fully saturated rings. The number of carbonyl (C=O) groups excluding carboxylic acids is 1. The molecule has 2 rings (SSSR count). The Labute approximate surface area is 123 Å². The Morgan fingerprint density at radius 3 is 2.00 bits per heavy atom. The van der Waals surface area contributed by atoms with E-state index in [1.54, 1.807) is 12.1 Å². The second-order valence-corrected chi connectivity index (χ2v) is 5.03. The van der Waals surface area contributed by atoms with Crippen LogP contribution < -0.4 is 0 Å². The fraction of sp³-hybridized carbons (Fsp3) is 0.235. The van der Waals surface area contributed by atoms with E-state index in [0.717, 1.165) is 24.0 Å². The zero-order valence-electron chi connectivity index (χ0n) is 11.1. The molecule has 0 aliphatic carbocycles. The van der Waals surface area contributed by atoms with Gasteiger partial charge in [-0.1, -0.05) is 36.4 Å². The van der Waals surface area contributed by atoms with Gasteiger partial charge in [-0.3, -0.25) is 4.79 Å². The molecule has 0 saturated carbocycles. The number of Topliss-reactive ketones (excluding diaryl/α,β-unsaturated/α-hetero) is 1. The molecule has 0 saturated heterocycles. The maximum Gasteiger partial charge on any atom is 0.162 e. The highest BCUT2D eigenvalue weighted by Gasteiger charge is 2.06. The summed E-state index contributed by atoms with van der Waals surface area (Å²) in [5.41, 5.74) is 2.63. The van der Waals surface area contributed by atoms with Gasteiger partial charge >= 0.3 is 0 Å². The highest BCUT2D eigenvalue weighted by molar-refractivity contribution is 6.17. The van der Waals surface area contributed by atoms with Gasteiger partial charge in [0.1, 0.15) is 5.82 Å². The van der Waals surface area contributed by atoms with Crippen LogP contribution in [0.1, 0.15) is 29.6 Å². The number of carbonyl (C=O) groups is 1. The third-order valence-corrected chi connectivity index (χ3v) is 3.44. The molecular weight excluding hydrogens is 275 g/mol. The first-order chi connectivity index (χ1) is 9.70. The normalized spacial score (nSPS) is 10.5. The van der Waals surface area contributed by atoms with Crippen LogP contribution in [-0.4, -0.2) is 11.7 Å². The number of rotatable bonds is 6. The highest BCUT2D eigenvalue weighted by atomic mass is 35.5. The van der Waals surface area contributed by atoms with Gasteiger partial charge in [0.05, 0.1) is 0 Å². The zero-order valence-corrected chi connectivity index (χ0v) is 11.9. The summed E-state index contributed by atoms with van der Waals surface area (Å²) in [6.45, 7) is 0. The average molecular weight is 291 g/mol. The van der Waals surface area contributed by atoms with Crippen LogP contribution in [0.3, 0.4) is 0 Å². The Kier molecular flexibility index (Phi) is 5.31. The standard InChI is InChI=1S/C17H16ClFO/c18-12-2-1-3-17(20)15-6-4-13(5-7-15)14-8-10-16(19)11-9-14/h4-11H,1-3,12H2. The largest absolute Gasteiger partial charge is 0.294 e. The van der Waals surface area contributed by atoms with Crippen LogP contribution in [0, 0.1) is 5.82 Å². The minimum Gasteiger partial charge on any atom is -0.294 e. The molecule has 2 aromatic carbocycles. The van der Waals surface area contributed by atoms with Gasteiger partial charge in [0, 0.05) is 17.9 Å². The summed E-state index contributed by atoms with van der Waals surface area (Å²) < 4.78 is 12.9. The molecule has 20 heavy (non-hydrogen) atoms. The molecule has 0 radical (unpaired) electrons. The van der Waals surface area contributed by atoms with E-state index >= 15 is 0 Å². The Morgan fingerprint density at radius 2 is 1.45 bits per heavy atom. The molecule has 0 aliphatic heterocycles. The van der Waals surface area contributed by atoms with Crippen molar-refractivity contribution >= 4 is 17.4 Å². The number of hydrogen-bond acceptors (Lipinski definition) is 1. The summed E-state index contributed by atoms with van der Waals surface area (Å²) >= 11 is 5.59. The molecule has 0 N–H and O–H groups in total. The summed E-state index contributed by atoms with van der Waals surface area (Å²) in [4.78, 5) is 11.9. The van der Waals surface area contributed by atoms with Crippen molar-refractivity contribution in [1.29, 1.82) is 0 Å². The van der Waals surface area contributed by atoms with E-state index in [2.05, 4.69) is 0 Å². The Morgan fingerprint density at radius 1 is 0.900 bits per heavy atom. The SMILES string of the molecule is O=C(CCCCCl)c1ccc(-c2ccc(F)cc2)cc1. The van der Waals surface area contributed by atoms with Crippen LogP contribution in [0.15, 0.2) is 48.5 Å². The molecule has 0 heterocycles. The van der Waals surface area contributed by atoms with Gasteiger partial charge in [-0.05, 0) is 36.1 Å². The molecule has 0 unspecified atom stereocenters. The average Bonchev–Trinajstić information content (AvgIpc) is 2.48. The number of halogens is 2. The minimum atomic E-state index is -0.250. The van der Waals surface area contributed by atoms with E-state index in [9.17, 15) is 9.18 Å². The summed E-state index contributed by atoms with van der Waals surface area (Å²) in [6, 6.07) is 13.7. The molecule has 0 atom stereocenters. The van der Waals surface area contributed by atoms with Crippen molar-refractivity contribution in [1.82, 2.24) is 0 Å². The smallest absolute Gasteiger partial charge is 0.162 e. The van der Waals surface area contributed by atoms with E-state index in [0.29, 0.717) is 17.9 Å². The maximum absolute atomic E-state index is 12.9. The van der Waals surface area contributed by atoms with Gasteiger partial charge in [0.15, 0.2) is 5.78 Å². The summed E-state index contributed by atoms with van der Waals surface area (Å²) in [7, 11) is 0. The lowest BCUT2D eigenvalue weighted by Gasteiger charge is -2.04. The van der Waals surface area contributed by atoms with E-state index < -0.39 is 0 Å². The lowest BCUT2D eigenvalue weighted by atomic mass is 10.0. The van der Waals surface area contributed by atoms with Crippen LogP contribution in [0.5, 0.6) is 0 Å². The Hall–Kier alpha value is -1.67. The van der Waals surface area contributed by atoms with Crippen LogP contribution in [0.4, 0.5) is 4.39 Å². The predicted molar refractivity (Wildman–Crippen MR) is 80.7 cm³/mol. The zero-order chi connectivity index (χ0) is 14.4. The molecule has 0 amide bonds. The molecule has 104 valence electrons. The first-order valence-corrected chi connectivity index (χ1v) is 7.19. The fourth-order valence-electron chi connectivity index (χ4n) is 2.02. The van der Waals surface area contributed by atoms with E-state index in [-0.39, 0.29) is 11.6 Å². The van der Waals surface area contributed by atoms with Crippen molar-refractivity contribution in [3.05, 3.63) is 59.9 Å². The Balaban J connectivity index is 2.06.